The van der Waals surface area contributed by atoms with E-state index in [0.29, 0.717) is 6.54 Å². The first kappa shape index (κ1) is 12.9. The Morgan fingerprint density at radius 2 is 2.17 bits per heavy atom. The van der Waals surface area contributed by atoms with E-state index in [4.69, 9.17) is 4.74 Å². The van der Waals surface area contributed by atoms with E-state index in [1.165, 1.54) is 5.56 Å². The third-order valence-electron chi connectivity index (χ3n) is 3.40. The van der Waals surface area contributed by atoms with Crippen molar-refractivity contribution in [1.82, 2.24) is 10.6 Å². The molecule has 1 unspecified atom stereocenters. The van der Waals surface area contributed by atoms with E-state index < -0.39 is 5.54 Å². The summed E-state index contributed by atoms with van der Waals surface area (Å²) in [5, 5.41) is 5.90. The van der Waals surface area contributed by atoms with Gasteiger partial charge in [0.25, 0.3) is 0 Å². The summed E-state index contributed by atoms with van der Waals surface area (Å²) in [7, 11) is 1.78. The number of para-hydroxylation sites is 1. The van der Waals surface area contributed by atoms with E-state index in [1.54, 1.807) is 7.05 Å². The molecular weight excluding hydrogens is 228 g/mol. The lowest BCUT2D eigenvalue weighted by atomic mass is 10.0. The highest BCUT2D eigenvalue weighted by Crippen LogP contribution is 2.27. The molecule has 1 aromatic rings. The Balaban J connectivity index is 1.86. The van der Waals surface area contributed by atoms with E-state index in [9.17, 15) is 4.79 Å². The van der Waals surface area contributed by atoms with Gasteiger partial charge in [-0.1, -0.05) is 18.2 Å². The Morgan fingerprint density at radius 3 is 2.83 bits per heavy atom. The van der Waals surface area contributed by atoms with Crippen molar-refractivity contribution in [2.75, 3.05) is 13.6 Å². The monoisotopic (exact) mass is 248 g/mol. The highest BCUT2D eigenvalue weighted by atomic mass is 16.5. The van der Waals surface area contributed by atoms with E-state index in [0.717, 1.165) is 12.2 Å². The zero-order valence-corrected chi connectivity index (χ0v) is 11.1. The van der Waals surface area contributed by atoms with Crippen molar-refractivity contribution < 1.29 is 9.53 Å². The quantitative estimate of drug-likeness (QED) is 0.839. The van der Waals surface area contributed by atoms with Gasteiger partial charge in [-0.25, -0.2) is 0 Å². The number of rotatable bonds is 4. The van der Waals surface area contributed by atoms with Gasteiger partial charge in [0.1, 0.15) is 11.9 Å². The van der Waals surface area contributed by atoms with E-state index in [2.05, 4.69) is 16.7 Å². The molecule has 0 aliphatic carbocycles. The molecule has 1 heterocycles. The average Bonchev–Trinajstić information content (AvgIpc) is 2.78. The molecule has 18 heavy (non-hydrogen) atoms. The number of benzene rings is 1. The van der Waals surface area contributed by atoms with Gasteiger partial charge in [-0.15, -0.1) is 0 Å². The standard InChI is InChI=1S/C14H20N2O2/c1-14(2,15-3)13(17)16-9-11-8-10-6-4-5-7-12(10)18-11/h4-7,11,15H,8-9H2,1-3H3,(H,16,17). The summed E-state index contributed by atoms with van der Waals surface area (Å²) < 4.78 is 5.77. The van der Waals surface area contributed by atoms with Gasteiger partial charge in [-0.05, 0) is 32.5 Å². The number of fused-ring (bicyclic) bond motifs is 1. The van der Waals surface area contributed by atoms with Crippen LogP contribution in [0.15, 0.2) is 24.3 Å². The van der Waals surface area contributed by atoms with Gasteiger partial charge in [-0.3, -0.25) is 4.79 Å². The van der Waals surface area contributed by atoms with Gasteiger partial charge in [0.15, 0.2) is 0 Å². The van der Waals surface area contributed by atoms with Crippen molar-refractivity contribution in [2.24, 2.45) is 0 Å². The SMILES string of the molecule is CNC(C)(C)C(=O)NCC1Cc2ccccc2O1. The molecule has 2 rings (SSSR count). The largest absolute Gasteiger partial charge is 0.488 e. The van der Waals surface area contributed by atoms with Crippen molar-refractivity contribution >= 4 is 5.91 Å². The molecule has 0 aromatic heterocycles. The second-order valence-electron chi connectivity index (χ2n) is 5.14. The number of nitrogens with one attached hydrogen (secondary N) is 2. The van der Waals surface area contributed by atoms with Crippen LogP contribution in [0.3, 0.4) is 0 Å². The van der Waals surface area contributed by atoms with Crippen molar-refractivity contribution in [3.05, 3.63) is 29.8 Å². The molecule has 4 nitrogen and oxygen atoms in total. The Labute approximate surface area is 108 Å². The van der Waals surface area contributed by atoms with Crippen LogP contribution in [0.4, 0.5) is 0 Å². The molecule has 0 saturated heterocycles. The van der Waals surface area contributed by atoms with Crippen LogP contribution in [0.5, 0.6) is 5.75 Å². The minimum Gasteiger partial charge on any atom is -0.488 e. The van der Waals surface area contributed by atoms with Crippen LogP contribution in [0.1, 0.15) is 19.4 Å². The molecule has 98 valence electrons. The third-order valence-corrected chi connectivity index (χ3v) is 3.40. The summed E-state index contributed by atoms with van der Waals surface area (Å²) in [6.07, 6.45) is 0.898. The topological polar surface area (TPSA) is 50.4 Å². The van der Waals surface area contributed by atoms with E-state index in [1.807, 2.05) is 32.0 Å². The molecule has 0 saturated carbocycles. The third kappa shape index (κ3) is 2.64. The highest BCUT2D eigenvalue weighted by Gasteiger charge is 2.27. The first-order valence-electron chi connectivity index (χ1n) is 6.24. The maximum Gasteiger partial charge on any atom is 0.239 e. The van der Waals surface area contributed by atoms with Crippen molar-refractivity contribution in [3.63, 3.8) is 0 Å². The molecule has 0 fully saturated rings. The fraction of sp³-hybridized carbons (Fsp3) is 0.500. The summed E-state index contributed by atoms with van der Waals surface area (Å²) >= 11 is 0. The van der Waals surface area contributed by atoms with Gasteiger partial charge >= 0.3 is 0 Å². The van der Waals surface area contributed by atoms with Crippen LogP contribution in [0.2, 0.25) is 0 Å². The van der Waals surface area contributed by atoms with Crippen molar-refractivity contribution in [1.29, 1.82) is 0 Å². The Bertz CT molecular complexity index is 418. The fourth-order valence-corrected chi connectivity index (χ4v) is 1.91. The zero-order valence-electron chi connectivity index (χ0n) is 11.1. The van der Waals surface area contributed by atoms with Crippen molar-refractivity contribution in [3.8, 4) is 5.75 Å². The second kappa shape index (κ2) is 4.98. The Kier molecular flexibility index (Phi) is 3.57. The van der Waals surface area contributed by atoms with Crippen LogP contribution in [0, 0.1) is 0 Å². The average molecular weight is 248 g/mol. The molecule has 2 N–H and O–H groups in total. The first-order valence-corrected chi connectivity index (χ1v) is 6.24. The Hall–Kier alpha value is -1.55. The normalized spacial score (nSPS) is 18.1. The number of ether oxygens (including phenoxy) is 1. The minimum absolute atomic E-state index is 0.00967. The molecule has 4 heteroatoms. The van der Waals surface area contributed by atoms with Crippen LogP contribution < -0.4 is 15.4 Å². The Morgan fingerprint density at radius 1 is 1.44 bits per heavy atom. The maximum atomic E-state index is 11.9. The predicted octanol–water partition coefficient (Wildman–Crippen LogP) is 1.10. The lowest BCUT2D eigenvalue weighted by molar-refractivity contribution is -0.126. The summed E-state index contributed by atoms with van der Waals surface area (Å²) in [4.78, 5) is 11.9. The van der Waals surface area contributed by atoms with Gasteiger partial charge in [0.2, 0.25) is 5.91 Å². The second-order valence-corrected chi connectivity index (χ2v) is 5.14. The number of hydrogen-bond donors (Lipinski definition) is 2. The van der Waals surface area contributed by atoms with Gasteiger partial charge in [0.05, 0.1) is 12.1 Å². The molecule has 1 atom stereocenters. The smallest absolute Gasteiger partial charge is 0.239 e. The molecular formula is C14H20N2O2. The lowest BCUT2D eigenvalue weighted by Crippen LogP contribution is -2.52. The van der Waals surface area contributed by atoms with Crippen LogP contribution in [0.25, 0.3) is 0 Å². The number of amides is 1. The van der Waals surface area contributed by atoms with Gasteiger partial charge < -0.3 is 15.4 Å². The van der Waals surface area contributed by atoms with Crippen molar-refractivity contribution in [2.45, 2.75) is 31.9 Å². The lowest BCUT2D eigenvalue weighted by Gasteiger charge is -2.23. The molecule has 1 aliphatic heterocycles. The number of carbonyl (C=O) groups excluding carboxylic acids is 1. The fourth-order valence-electron chi connectivity index (χ4n) is 1.91. The van der Waals surface area contributed by atoms with Crippen LogP contribution >= 0.6 is 0 Å². The number of hydrogen-bond acceptors (Lipinski definition) is 3. The van der Waals surface area contributed by atoms with Crippen LogP contribution in [-0.4, -0.2) is 31.1 Å². The van der Waals surface area contributed by atoms with Crippen LogP contribution in [-0.2, 0) is 11.2 Å². The first-order chi connectivity index (χ1) is 8.53. The summed E-state index contributed by atoms with van der Waals surface area (Å²) in [6, 6.07) is 8.00. The molecule has 0 bridgehead atoms. The molecule has 0 radical (unpaired) electrons. The maximum absolute atomic E-state index is 11.9. The molecule has 0 spiro atoms. The van der Waals surface area contributed by atoms with Gasteiger partial charge in [-0.2, -0.15) is 0 Å². The molecule has 1 aromatic carbocycles. The molecule has 1 aliphatic rings. The van der Waals surface area contributed by atoms with E-state index in [-0.39, 0.29) is 12.0 Å². The minimum atomic E-state index is -0.550. The number of likely N-dealkylation sites (N-methyl/N-ethyl adjacent to an activating group) is 1. The summed E-state index contributed by atoms with van der Waals surface area (Å²) in [5.41, 5.74) is 0.662. The summed E-state index contributed by atoms with van der Waals surface area (Å²) in [6.45, 7) is 4.25. The highest BCUT2D eigenvalue weighted by molar-refractivity contribution is 5.85. The molecule has 1 amide bonds. The summed E-state index contributed by atoms with van der Waals surface area (Å²) in [5.74, 6) is 0.925. The number of carbonyl (C=O) groups is 1. The predicted molar refractivity (Wildman–Crippen MR) is 70.7 cm³/mol. The van der Waals surface area contributed by atoms with E-state index >= 15 is 0 Å². The zero-order chi connectivity index (χ0) is 13.2. The van der Waals surface area contributed by atoms with Gasteiger partial charge in [0, 0.05) is 6.42 Å².